The summed E-state index contributed by atoms with van der Waals surface area (Å²) in [5.41, 5.74) is 5.18. The van der Waals surface area contributed by atoms with E-state index in [1.807, 2.05) is 6.07 Å². The monoisotopic (exact) mass is 720 g/mol. The molecule has 4 aromatic rings. The van der Waals surface area contributed by atoms with Crippen LogP contribution >= 0.6 is 22.9 Å². The summed E-state index contributed by atoms with van der Waals surface area (Å²) in [6.07, 6.45) is 1.12. The van der Waals surface area contributed by atoms with Crippen LogP contribution in [0.5, 0.6) is 11.8 Å². The third-order valence-corrected chi connectivity index (χ3v) is 11.7. The number of piperidine rings is 1. The molecule has 2 aromatic carbocycles. The fourth-order valence-electron chi connectivity index (χ4n) is 8.23. The van der Waals surface area contributed by atoms with Gasteiger partial charge in [-0.25, -0.2) is 13.2 Å². The Labute approximate surface area is 286 Å². The van der Waals surface area contributed by atoms with Gasteiger partial charge in [0.1, 0.15) is 41.0 Å². The molecule has 0 spiro atoms. The highest BCUT2D eigenvalue weighted by atomic mass is 35.5. The van der Waals surface area contributed by atoms with E-state index in [1.165, 1.54) is 6.07 Å². The van der Waals surface area contributed by atoms with Crippen molar-refractivity contribution >= 4 is 54.7 Å². The van der Waals surface area contributed by atoms with Gasteiger partial charge in [0.15, 0.2) is 11.6 Å². The molecule has 3 saturated heterocycles. The molecule has 0 aliphatic carbocycles. The molecule has 0 saturated carbocycles. The van der Waals surface area contributed by atoms with Crippen LogP contribution in [0.1, 0.15) is 44.1 Å². The zero-order valence-electron chi connectivity index (χ0n) is 26.0. The van der Waals surface area contributed by atoms with Gasteiger partial charge in [0, 0.05) is 36.9 Å². The Kier molecular flexibility index (Phi) is 8.13. The van der Waals surface area contributed by atoms with Crippen molar-refractivity contribution in [2.75, 3.05) is 43.5 Å². The number of fused-ring (bicyclic) bond motifs is 4. The molecule has 4 atom stereocenters. The Bertz CT molecular complexity index is 2030. The predicted molar refractivity (Wildman–Crippen MR) is 174 cm³/mol. The van der Waals surface area contributed by atoms with Crippen LogP contribution in [0, 0.1) is 23.0 Å². The SMILES string of the molecule is N#Cc1c(N)sc2c(F)ccc(-c3c(Cl)c4c5c(nc(OCC67CCCN6C[C@H](F)C7)nc5c3F)N3CCCC(OC(F)F)C3CCO4)c12. The minimum absolute atomic E-state index is 0.0122. The largest absolute Gasteiger partial charge is 0.491 e. The van der Waals surface area contributed by atoms with Crippen LogP contribution in [0.15, 0.2) is 12.1 Å². The Morgan fingerprint density at radius 3 is 2.82 bits per heavy atom. The summed E-state index contributed by atoms with van der Waals surface area (Å²) in [5.74, 6) is -1.34. The first kappa shape index (κ1) is 32.5. The maximum Gasteiger partial charge on any atom is 0.345 e. The maximum absolute atomic E-state index is 17.2. The number of hydrogen-bond donors (Lipinski definition) is 1. The number of nitrogen functional groups attached to an aromatic ring is 1. The zero-order chi connectivity index (χ0) is 34.2. The van der Waals surface area contributed by atoms with Crippen molar-refractivity contribution in [1.29, 1.82) is 5.26 Å². The number of anilines is 2. The first-order chi connectivity index (χ1) is 23.6. The predicted octanol–water partition coefficient (Wildman–Crippen LogP) is 7.21. The van der Waals surface area contributed by atoms with E-state index < -0.39 is 42.1 Å². The lowest BCUT2D eigenvalue weighted by atomic mass is 9.93. The van der Waals surface area contributed by atoms with Crippen molar-refractivity contribution in [2.45, 2.75) is 69.0 Å². The van der Waals surface area contributed by atoms with Crippen LogP contribution in [0.4, 0.5) is 32.8 Å². The smallest absolute Gasteiger partial charge is 0.345 e. The van der Waals surface area contributed by atoms with E-state index in [4.69, 9.17) is 36.5 Å². The third kappa shape index (κ3) is 5.21. The number of rotatable bonds is 6. The number of halogens is 6. The summed E-state index contributed by atoms with van der Waals surface area (Å²) in [6, 6.07) is 3.67. The van der Waals surface area contributed by atoms with Gasteiger partial charge in [0.2, 0.25) is 0 Å². The lowest BCUT2D eigenvalue weighted by Gasteiger charge is -2.43. The van der Waals surface area contributed by atoms with E-state index in [-0.39, 0.29) is 91.3 Å². The number of ether oxygens (including phenoxy) is 3. The molecule has 3 unspecified atom stereocenters. The summed E-state index contributed by atoms with van der Waals surface area (Å²) >= 11 is 7.86. The molecule has 16 heteroatoms. The van der Waals surface area contributed by atoms with Crippen molar-refractivity contribution in [2.24, 2.45) is 0 Å². The maximum atomic E-state index is 17.2. The number of aromatic nitrogens is 2. The molecule has 4 aliphatic heterocycles. The summed E-state index contributed by atoms with van der Waals surface area (Å²) in [6.45, 7) is -1.51. The third-order valence-electron chi connectivity index (χ3n) is 10.3. The van der Waals surface area contributed by atoms with Gasteiger partial charge in [0.05, 0.1) is 45.0 Å². The summed E-state index contributed by atoms with van der Waals surface area (Å²) < 4.78 is 91.3. The Hall–Kier alpha value is -3.71. The van der Waals surface area contributed by atoms with Crippen LogP contribution in [-0.2, 0) is 4.74 Å². The van der Waals surface area contributed by atoms with E-state index in [0.29, 0.717) is 32.4 Å². The van der Waals surface area contributed by atoms with Gasteiger partial charge in [-0.15, -0.1) is 11.3 Å². The Morgan fingerprint density at radius 1 is 1.18 bits per heavy atom. The number of nitrogens with zero attached hydrogens (tertiary/aromatic N) is 5. The molecule has 3 fully saturated rings. The second kappa shape index (κ2) is 12.3. The first-order valence-corrected chi connectivity index (χ1v) is 17.3. The number of alkyl halides is 3. The van der Waals surface area contributed by atoms with Crippen LogP contribution in [0.3, 0.4) is 0 Å². The van der Waals surface area contributed by atoms with Crippen molar-refractivity contribution < 1.29 is 36.2 Å². The first-order valence-electron chi connectivity index (χ1n) is 16.1. The van der Waals surface area contributed by atoms with Crippen molar-refractivity contribution in [1.82, 2.24) is 14.9 Å². The van der Waals surface area contributed by atoms with E-state index in [1.54, 1.807) is 4.90 Å². The highest BCUT2D eigenvalue weighted by Gasteiger charge is 2.49. The summed E-state index contributed by atoms with van der Waals surface area (Å²) in [4.78, 5) is 13.1. The summed E-state index contributed by atoms with van der Waals surface area (Å²) in [7, 11) is 0. The molecule has 8 rings (SSSR count). The molecule has 0 bridgehead atoms. The average molecular weight is 721 g/mol. The molecule has 258 valence electrons. The van der Waals surface area contributed by atoms with Crippen LogP contribution in [-0.4, -0.2) is 78.2 Å². The molecule has 4 aliphatic rings. The van der Waals surface area contributed by atoms with Crippen molar-refractivity contribution in [3.63, 3.8) is 0 Å². The molecule has 49 heavy (non-hydrogen) atoms. The van der Waals surface area contributed by atoms with Crippen LogP contribution < -0.4 is 20.1 Å². The van der Waals surface area contributed by atoms with Gasteiger partial charge in [-0.05, 0) is 43.9 Å². The molecule has 9 nitrogen and oxygen atoms in total. The van der Waals surface area contributed by atoms with E-state index in [0.717, 1.165) is 30.4 Å². The van der Waals surface area contributed by atoms with Gasteiger partial charge in [-0.1, -0.05) is 17.7 Å². The van der Waals surface area contributed by atoms with Crippen LogP contribution in [0.25, 0.3) is 32.1 Å². The topological polar surface area (TPSA) is 110 Å². The molecular weight excluding hydrogens is 691 g/mol. The minimum Gasteiger partial charge on any atom is -0.491 e. The second-order valence-electron chi connectivity index (χ2n) is 13.0. The second-order valence-corrected chi connectivity index (χ2v) is 14.4. The minimum atomic E-state index is -3.00. The molecule has 0 amide bonds. The van der Waals surface area contributed by atoms with E-state index >= 15 is 4.39 Å². The molecule has 2 aromatic heterocycles. The normalized spacial score (nSPS) is 25.3. The molecular formula is C33H30ClF5N6O3S. The zero-order valence-corrected chi connectivity index (χ0v) is 27.5. The quantitative estimate of drug-likeness (QED) is 0.207. The number of hydrogen-bond acceptors (Lipinski definition) is 10. The lowest BCUT2D eigenvalue weighted by Crippen LogP contribution is -2.51. The molecule has 0 radical (unpaired) electrons. The number of nitriles is 1. The highest BCUT2D eigenvalue weighted by Crippen LogP contribution is 2.51. The fraction of sp³-hybridized carbons (Fsp3) is 0.485. The van der Waals surface area contributed by atoms with Crippen LogP contribution in [0.2, 0.25) is 5.02 Å². The number of benzene rings is 2. The van der Waals surface area contributed by atoms with Gasteiger partial charge in [0.25, 0.3) is 0 Å². The average Bonchev–Trinajstić information content (AvgIpc) is 3.71. The highest BCUT2D eigenvalue weighted by molar-refractivity contribution is 7.23. The van der Waals surface area contributed by atoms with Gasteiger partial charge < -0.3 is 24.8 Å². The van der Waals surface area contributed by atoms with Gasteiger partial charge in [-0.3, -0.25) is 4.90 Å². The standard InChI is InChI=1S/C33H30ClF5N6O3S/c34-24-22(16-4-5-18(36)28-21(16)17(12-40)29(41)49-28)25(37)26-23-27(24)46-10-6-19-20(48-31(38)39)3-1-9-45(19)30(23)43-32(42-26)47-14-33-7-2-8-44(33)13-15(35)11-33/h4-5,15,19-20,31H,1-3,6-11,13-14,41H2/t15-,19?,20?,33?/m1/s1. The number of thiophene rings is 1. The Balaban J connectivity index is 1.35. The number of nitrogens with two attached hydrogens (primary N) is 1. The van der Waals surface area contributed by atoms with Gasteiger partial charge in [-0.2, -0.15) is 24.0 Å². The van der Waals surface area contributed by atoms with Gasteiger partial charge >= 0.3 is 12.6 Å². The van der Waals surface area contributed by atoms with Crippen molar-refractivity contribution in [3.8, 4) is 29.0 Å². The van der Waals surface area contributed by atoms with E-state index in [9.17, 15) is 22.8 Å². The molecule has 2 N–H and O–H groups in total. The Morgan fingerprint density at radius 2 is 2.02 bits per heavy atom. The van der Waals surface area contributed by atoms with E-state index in [2.05, 4.69) is 9.88 Å². The summed E-state index contributed by atoms with van der Waals surface area (Å²) in [5, 5.41) is 10.0. The fourth-order valence-corrected chi connectivity index (χ4v) is 9.52. The van der Waals surface area contributed by atoms with Crippen molar-refractivity contribution in [3.05, 3.63) is 34.4 Å². The molecule has 6 heterocycles. The lowest BCUT2D eigenvalue weighted by molar-refractivity contribution is -0.173.